The molecule has 0 aromatic rings. The standard InChI is InChI=1S/C19H33.Mg/c1-8-9-10-19(16(6)7)12-17(14(2)3)11-18(13-19)15(4)5;/h11-12,14-16H,1,8-10,13H2,2-7H3;. The maximum absolute atomic E-state index is 2.64. The fourth-order valence-corrected chi connectivity index (χ4v) is 3.58. The lowest BCUT2D eigenvalue weighted by Crippen LogP contribution is -2.30. The molecule has 0 fully saturated rings. The third-order valence-corrected chi connectivity index (χ3v) is 5.54. The zero-order valence-corrected chi connectivity index (χ0v) is 16.0. The van der Waals surface area contributed by atoms with Gasteiger partial charge < -0.3 is 0 Å². The van der Waals surface area contributed by atoms with Crippen molar-refractivity contribution in [3.63, 3.8) is 0 Å². The Labute approximate surface area is 139 Å². The average Bonchev–Trinajstić information content (AvgIpc) is 2.38. The van der Waals surface area contributed by atoms with Crippen molar-refractivity contribution in [1.29, 1.82) is 0 Å². The van der Waals surface area contributed by atoms with E-state index in [1.807, 2.05) is 0 Å². The summed E-state index contributed by atoms with van der Waals surface area (Å²) in [6.07, 6.45) is 10.6. The van der Waals surface area contributed by atoms with Crippen LogP contribution in [0.1, 0.15) is 67.2 Å². The molecule has 0 N–H and O–H groups in total. The smallest absolute Gasteiger partial charge is 0.177 e. The van der Waals surface area contributed by atoms with Gasteiger partial charge in [-0.15, -0.1) is 0 Å². The molecule has 1 aliphatic rings. The highest BCUT2D eigenvalue weighted by molar-refractivity contribution is 6.08. The second kappa shape index (κ2) is 8.03. The molecule has 0 saturated carbocycles. The van der Waals surface area contributed by atoms with Crippen LogP contribution in [-0.4, -0.2) is 21.7 Å². The highest BCUT2D eigenvalue weighted by Crippen LogP contribution is 2.47. The number of rotatable bonds is 7. The van der Waals surface area contributed by atoms with Gasteiger partial charge in [-0.05, 0) is 41.6 Å². The van der Waals surface area contributed by atoms with E-state index < -0.39 is 0 Å². The van der Waals surface area contributed by atoms with Gasteiger partial charge >= 0.3 is 0 Å². The highest BCUT2D eigenvalue weighted by atomic mass is 24.4. The van der Waals surface area contributed by atoms with Gasteiger partial charge in [0.1, 0.15) is 0 Å². The van der Waals surface area contributed by atoms with E-state index in [9.17, 15) is 0 Å². The van der Waals surface area contributed by atoms with Gasteiger partial charge in [-0.1, -0.05) is 72.1 Å². The SMILES string of the molecule is CC(C)C1=CC(CCC[CH2][Mg])(C(C)C)CC(C(C)C)=C1. The molecule has 0 aromatic carbocycles. The van der Waals surface area contributed by atoms with Crippen molar-refractivity contribution in [3.05, 3.63) is 23.3 Å². The molecule has 1 radical (unpaired) electrons. The largest absolute Gasteiger partial charge is 0.222 e. The lowest BCUT2D eigenvalue weighted by molar-refractivity contribution is 0.224. The molecular weight excluding hydrogens is 253 g/mol. The molecule has 1 unspecified atom stereocenters. The second-order valence-corrected chi connectivity index (χ2v) is 8.26. The maximum atomic E-state index is 2.64. The van der Waals surface area contributed by atoms with E-state index >= 15 is 0 Å². The van der Waals surface area contributed by atoms with E-state index in [0.29, 0.717) is 17.3 Å². The van der Waals surface area contributed by atoms with E-state index in [0.717, 1.165) is 5.92 Å². The Balaban J connectivity index is 3.07. The first-order valence-electron chi connectivity index (χ1n) is 8.55. The molecule has 0 heterocycles. The minimum atomic E-state index is 0.409. The van der Waals surface area contributed by atoms with Crippen LogP contribution in [0.25, 0.3) is 0 Å². The van der Waals surface area contributed by atoms with Crippen LogP contribution < -0.4 is 0 Å². The molecule has 0 amide bonds. The summed E-state index contributed by atoms with van der Waals surface area (Å²) < 4.78 is 1.35. The first kappa shape index (κ1) is 18.3. The van der Waals surface area contributed by atoms with Crippen LogP contribution in [0.4, 0.5) is 0 Å². The molecule has 1 aliphatic carbocycles. The van der Waals surface area contributed by atoms with Crippen molar-refractivity contribution < 1.29 is 0 Å². The Bertz CT molecular complexity index is 360. The monoisotopic (exact) mass is 285 g/mol. The predicted octanol–water partition coefficient (Wildman–Crippen LogP) is 5.95. The normalized spacial score (nSPS) is 23.4. The topological polar surface area (TPSA) is 0 Å². The number of hydrogen-bond donors (Lipinski definition) is 0. The summed E-state index contributed by atoms with van der Waals surface area (Å²) in [7, 11) is 0. The number of hydrogen-bond acceptors (Lipinski definition) is 0. The van der Waals surface area contributed by atoms with Gasteiger partial charge in [0.15, 0.2) is 0 Å². The lowest BCUT2D eigenvalue weighted by atomic mass is 9.64. The summed E-state index contributed by atoms with van der Waals surface area (Å²) in [6.45, 7) is 14.2. The van der Waals surface area contributed by atoms with Gasteiger partial charge in [-0.2, -0.15) is 4.55 Å². The average molecular weight is 286 g/mol. The zero-order valence-electron chi connectivity index (χ0n) is 14.6. The quantitative estimate of drug-likeness (QED) is 0.400. The highest BCUT2D eigenvalue weighted by Gasteiger charge is 2.35. The van der Waals surface area contributed by atoms with Gasteiger partial charge in [0.05, 0.1) is 0 Å². The number of unbranched alkanes of at least 4 members (excludes halogenated alkanes) is 1. The molecule has 111 valence electrons. The van der Waals surface area contributed by atoms with Crippen molar-refractivity contribution in [1.82, 2.24) is 0 Å². The first-order valence-corrected chi connectivity index (χ1v) is 9.55. The Kier molecular flexibility index (Phi) is 7.35. The van der Waals surface area contributed by atoms with E-state index in [4.69, 9.17) is 0 Å². The summed E-state index contributed by atoms with van der Waals surface area (Å²) >= 11 is 2.12. The Morgan fingerprint density at radius 2 is 1.70 bits per heavy atom. The van der Waals surface area contributed by atoms with Gasteiger partial charge in [0.25, 0.3) is 0 Å². The zero-order chi connectivity index (χ0) is 15.3. The van der Waals surface area contributed by atoms with Gasteiger partial charge in [0, 0.05) is 0 Å². The molecular formula is C19H33Mg. The fourth-order valence-electron chi connectivity index (χ4n) is 3.22. The molecule has 0 bridgehead atoms. The van der Waals surface area contributed by atoms with E-state index in [2.05, 4.69) is 75.4 Å². The minimum Gasteiger partial charge on any atom is -0.177 e. The molecule has 0 nitrogen and oxygen atoms in total. The molecule has 1 atom stereocenters. The molecule has 1 rings (SSSR count). The summed E-state index contributed by atoms with van der Waals surface area (Å²) in [5, 5.41) is 0. The van der Waals surface area contributed by atoms with Crippen molar-refractivity contribution in [3.8, 4) is 0 Å². The first-order chi connectivity index (χ1) is 9.32. The Morgan fingerprint density at radius 1 is 1.05 bits per heavy atom. The molecule has 0 aromatic heterocycles. The van der Waals surface area contributed by atoms with E-state index in [1.54, 1.807) is 11.1 Å². The van der Waals surface area contributed by atoms with Crippen LogP contribution in [0.3, 0.4) is 0 Å². The van der Waals surface area contributed by atoms with Crippen LogP contribution >= 0.6 is 0 Å². The van der Waals surface area contributed by atoms with Crippen molar-refractivity contribution in [2.45, 2.75) is 71.8 Å². The molecule has 0 spiro atoms. The third-order valence-electron chi connectivity index (χ3n) is 5.04. The third kappa shape index (κ3) is 4.63. The Morgan fingerprint density at radius 3 is 2.15 bits per heavy atom. The van der Waals surface area contributed by atoms with Gasteiger partial charge in [-0.25, -0.2) is 0 Å². The lowest BCUT2D eigenvalue weighted by Gasteiger charge is -2.41. The van der Waals surface area contributed by atoms with Crippen LogP contribution in [-0.2, 0) is 0 Å². The van der Waals surface area contributed by atoms with Crippen LogP contribution in [0.5, 0.6) is 0 Å². The van der Waals surface area contributed by atoms with Crippen molar-refractivity contribution >= 4 is 21.7 Å². The molecule has 0 saturated heterocycles. The predicted molar refractivity (Wildman–Crippen MR) is 92.1 cm³/mol. The van der Waals surface area contributed by atoms with Gasteiger partial charge in [-0.3, -0.25) is 0 Å². The second-order valence-electron chi connectivity index (χ2n) is 7.55. The summed E-state index contributed by atoms with van der Waals surface area (Å²) in [4.78, 5) is 0. The van der Waals surface area contributed by atoms with Crippen molar-refractivity contribution in [2.24, 2.45) is 23.2 Å². The summed E-state index contributed by atoms with van der Waals surface area (Å²) in [6, 6.07) is 0. The minimum absolute atomic E-state index is 0.409. The van der Waals surface area contributed by atoms with Crippen molar-refractivity contribution in [2.75, 3.05) is 0 Å². The van der Waals surface area contributed by atoms with Gasteiger partial charge in [0.2, 0.25) is 21.7 Å². The molecule has 20 heavy (non-hydrogen) atoms. The molecule has 1 heteroatoms. The summed E-state index contributed by atoms with van der Waals surface area (Å²) in [5.74, 6) is 2.07. The van der Waals surface area contributed by atoms with Crippen LogP contribution in [0, 0.1) is 23.2 Å². The Hall–Kier alpha value is 0.246. The maximum Gasteiger partial charge on any atom is 0.222 e. The fraction of sp³-hybridized carbons (Fsp3) is 0.789. The number of allylic oxidation sites excluding steroid dienone is 4. The summed E-state index contributed by atoms with van der Waals surface area (Å²) in [5.41, 5.74) is 3.65. The van der Waals surface area contributed by atoms with Crippen LogP contribution in [0.2, 0.25) is 4.55 Å². The van der Waals surface area contributed by atoms with Crippen LogP contribution in [0.15, 0.2) is 23.3 Å². The van der Waals surface area contributed by atoms with E-state index in [1.165, 1.54) is 30.2 Å². The molecule has 0 aliphatic heterocycles. The van der Waals surface area contributed by atoms with E-state index in [-0.39, 0.29) is 0 Å².